The molecule has 0 radical (unpaired) electrons. The minimum atomic E-state index is -0.419. The lowest BCUT2D eigenvalue weighted by atomic mass is 9.85. The summed E-state index contributed by atoms with van der Waals surface area (Å²) in [6, 6.07) is 16.0. The normalized spacial score (nSPS) is 19.5. The number of hydrogen-bond acceptors (Lipinski definition) is 9. The lowest BCUT2D eigenvalue weighted by Crippen LogP contribution is -2.43. The summed E-state index contributed by atoms with van der Waals surface area (Å²) in [6.07, 6.45) is 8.54. The molecule has 0 spiro atoms. The van der Waals surface area contributed by atoms with Gasteiger partial charge in [-0.15, -0.1) is 0 Å². The Labute approximate surface area is 334 Å². The molecule has 1 aromatic heterocycles. The number of ether oxygens (including phenoxy) is 3. The Bertz CT molecular complexity index is 1960. The van der Waals surface area contributed by atoms with Crippen molar-refractivity contribution in [2.45, 2.75) is 71.4 Å². The molecule has 2 aromatic carbocycles. The van der Waals surface area contributed by atoms with Gasteiger partial charge in [0.2, 0.25) is 5.96 Å². The van der Waals surface area contributed by atoms with Crippen LogP contribution in [0, 0.1) is 16.2 Å². The van der Waals surface area contributed by atoms with Crippen molar-refractivity contribution in [3.05, 3.63) is 94.2 Å². The van der Waals surface area contributed by atoms with Crippen molar-refractivity contribution in [1.82, 2.24) is 25.0 Å². The van der Waals surface area contributed by atoms with Crippen molar-refractivity contribution in [3.63, 3.8) is 0 Å². The molecule has 6 N–H and O–H groups in total. The lowest BCUT2D eigenvalue weighted by Gasteiger charge is -2.33. The summed E-state index contributed by atoms with van der Waals surface area (Å²) in [7, 11) is 0. The zero-order chi connectivity index (χ0) is 39.7. The molecule has 300 valence electrons. The van der Waals surface area contributed by atoms with Crippen LogP contribution in [0.25, 0.3) is 0 Å². The van der Waals surface area contributed by atoms with Crippen molar-refractivity contribution in [2.24, 2.45) is 16.1 Å². The summed E-state index contributed by atoms with van der Waals surface area (Å²) in [5.41, 5.74) is 9.40. The number of carbonyl (C=O) groups is 1. The number of rotatable bonds is 10. The first-order chi connectivity index (χ1) is 26.9. The van der Waals surface area contributed by atoms with Crippen molar-refractivity contribution < 1.29 is 19.0 Å². The number of nitrogens with two attached hydrogens (primary N) is 1. The van der Waals surface area contributed by atoms with Gasteiger partial charge >= 0.3 is 6.03 Å². The second-order valence-electron chi connectivity index (χ2n) is 15.6. The number of aliphatic imine (C=N–C) groups is 1. The van der Waals surface area contributed by atoms with E-state index in [0.717, 1.165) is 76.3 Å². The van der Waals surface area contributed by atoms with Crippen LogP contribution >= 0.6 is 11.6 Å². The number of carbonyl (C=O) groups excluding carboxylic acids is 1. The van der Waals surface area contributed by atoms with Crippen molar-refractivity contribution in [1.29, 1.82) is 10.8 Å². The number of fused-ring (bicyclic) bond motifs is 1. The molecule has 0 saturated carbocycles. The molecule has 56 heavy (non-hydrogen) atoms. The number of aromatic nitrogens is 1. The number of allylic oxidation sites excluding steroid dienone is 1. The Morgan fingerprint density at radius 2 is 1.79 bits per heavy atom. The van der Waals surface area contributed by atoms with Crippen LogP contribution in [-0.2, 0) is 4.74 Å². The van der Waals surface area contributed by atoms with Crippen LogP contribution in [0.1, 0.15) is 82.6 Å². The van der Waals surface area contributed by atoms with E-state index in [-0.39, 0.29) is 28.9 Å². The first kappa shape index (κ1) is 40.8. The number of amidine groups is 1. The Kier molecular flexibility index (Phi) is 13.7. The molecule has 0 bridgehead atoms. The number of piperidine rings is 1. The molecular formula is C42H56ClN9O4. The van der Waals surface area contributed by atoms with Gasteiger partial charge in [-0.1, -0.05) is 56.6 Å². The van der Waals surface area contributed by atoms with E-state index in [2.05, 4.69) is 15.5 Å². The zero-order valence-electron chi connectivity index (χ0n) is 32.8. The fourth-order valence-electron chi connectivity index (χ4n) is 7.05. The highest BCUT2D eigenvalue weighted by molar-refractivity contribution is 6.32. The van der Waals surface area contributed by atoms with Gasteiger partial charge in [0.05, 0.1) is 42.8 Å². The number of likely N-dealkylation sites (tertiary alicyclic amines) is 1. The molecule has 6 rings (SSSR count). The van der Waals surface area contributed by atoms with E-state index in [1.165, 1.54) is 6.42 Å². The van der Waals surface area contributed by atoms with Crippen molar-refractivity contribution in [2.75, 3.05) is 52.5 Å². The second kappa shape index (κ2) is 18.9. The predicted molar refractivity (Wildman–Crippen MR) is 220 cm³/mol. The Hall–Kier alpha value is -4.85. The number of nitrogens with one attached hydrogen (secondary N) is 4. The zero-order valence-corrected chi connectivity index (χ0v) is 33.5. The fraction of sp³-hybridized carbons (Fsp3) is 0.476. The van der Waals surface area contributed by atoms with Crippen molar-refractivity contribution >= 4 is 35.1 Å². The Morgan fingerprint density at radius 1 is 1.04 bits per heavy atom. The van der Waals surface area contributed by atoms with Gasteiger partial charge in [0.1, 0.15) is 28.9 Å². The van der Waals surface area contributed by atoms with E-state index in [1.54, 1.807) is 47.2 Å². The third-order valence-electron chi connectivity index (χ3n) is 10.4. The quantitative estimate of drug-likeness (QED) is 0.0851. The summed E-state index contributed by atoms with van der Waals surface area (Å²) in [5, 5.41) is 23.8. The van der Waals surface area contributed by atoms with Crippen LogP contribution in [-0.4, -0.2) is 84.7 Å². The lowest BCUT2D eigenvalue weighted by molar-refractivity contribution is 0.0358. The minimum absolute atomic E-state index is 0.231. The molecular weight excluding hydrogens is 730 g/mol. The monoisotopic (exact) mass is 785 g/mol. The maximum Gasteiger partial charge on any atom is 0.320 e. The Morgan fingerprint density at radius 3 is 2.54 bits per heavy atom. The molecule has 0 unspecified atom stereocenters. The number of urea groups is 1. The summed E-state index contributed by atoms with van der Waals surface area (Å²) in [5.74, 6) is 1.68. The highest BCUT2D eigenvalue weighted by Crippen LogP contribution is 2.38. The number of hydrogen-bond donors (Lipinski definition) is 5. The molecule has 2 aliphatic heterocycles. The van der Waals surface area contributed by atoms with E-state index in [1.807, 2.05) is 49.9 Å². The van der Waals surface area contributed by atoms with Crippen molar-refractivity contribution in [3.8, 4) is 11.5 Å². The van der Waals surface area contributed by atoms with Gasteiger partial charge in [0.15, 0.2) is 0 Å². The van der Waals surface area contributed by atoms with Gasteiger partial charge in [0.25, 0.3) is 0 Å². The molecule has 3 aromatic rings. The molecule has 14 heteroatoms. The Balaban J connectivity index is 1.14. The van der Waals surface area contributed by atoms with E-state index in [9.17, 15) is 4.79 Å². The van der Waals surface area contributed by atoms with E-state index < -0.39 is 6.03 Å². The molecule has 2 amide bonds. The SMILES string of the molecule is CC(C)(C)C(N)=CC(=Nc1ccc(Cl)c(OCCCN2CCOCC2)c1)NC(=O)N[C@H]1CC[C@@H](Oc2ccc(=N)n(C(=N)N3CCCCC3)c2)c2ccccc21. The first-order valence-corrected chi connectivity index (χ1v) is 20.1. The van der Waals surface area contributed by atoms with Crippen LogP contribution in [0.2, 0.25) is 5.02 Å². The standard InChI is InChI=1S/C42H56ClN9O4/c1-42(2,3)37(44)27-39(47-29-12-14-33(43)36(26-29)55-23-9-18-50-21-24-54-25-22-50)49-41(53)48-34-15-16-35(32-11-6-5-10-31(32)34)56-30-13-17-38(45)52(28-30)40(46)51-19-7-4-8-20-51/h5-6,10-14,17,26-28,34-35,45-46H,4,7-9,15-16,18-25,44H2,1-3H3,(H2,47,48,49,53)/t34-,35+/m0/s1. The molecule has 3 aliphatic rings. The smallest absolute Gasteiger partial charge is 0.320 e. The van der Waals surface area contributed by atoms with Crippen LogP contribution in [0.5, 0.6) is 11.5 Å². The number of halogens is 1. The first-order valence-electron chi connectivity index (χ1n) is 19.7. The maximum absolute atomic E-state index is 13.7. The molecule has 13 nitrogen and oxygen atoms in total. The van der Waals surface area contributed by atoms with Gasteiger partial charge in [-0.05, 0) is 73.9 Å². The number of amides is 2. The van der Waals surface area contributed by atoms with Crippen LogP contribution in [0.3, 0.4) is 0 Å². The average molecular weight is 786 g/mol. The maximum atomic E-state index is 13.7. The van der Waals surface area contributed by atoms with E-state index in [0.29, 0.717) is 53.3 Å². The van der Waals surface area contributed by atoms with Gasteiger partial charge in [-0.25, -0.2) is 9.79 Å². The molecule has 2 atom stereocenters. The van der Waals surface area contributed by atoms with Gasteiger partial charge in [0, 0.05) is 56.0 Å². The summed E-state index contributed by atoms with van der Waals surface area (Å²) in [6.45, 7) is 12.4. The molecule has 2 saturated heterocycles. The summed E-state index contributed by atoms with van der Waals surface area (Å²) in [4.78, 5) is 22.9. The third kappa shape index (κ3) is 10.9. The number of morpholine rings is 1. The average Bonchev–Trinajstić information content (AvgIpc) is 3.19. The van der Waals surface area contributed by atoms with E-state index >= 15 is 0 Å². The number of benzene rings is 2. The third-order valence-corrected chi connectivity index (χ3v) is 10.7. The predicted octanol–water partition coefficient (Wildman–Crippen LogP) is 6.86. The molecule has 2 fully saturated rings. The number of nitrogens with zero attached hydrogens (tertiary/aromatic N) is 4. The van der Waals surface area contributed by atoms with Crippen LogP contribution in [0.15, 0.2) is 77.6 Å². The fourth-order valence-corrected chi connectivity index (χ4v) is 7.22. The number of pyridine rings is 1. The van der Waals surface area contributed by atoms with Gasteiger partial charge < -0.3 is 30.2 Å². The van der Waals surface area contributed by atoms with Gasteiger partial charge in [-0.3, -0.25) is 25.6 Å². The largest absolute Gasteiger partial charge is 0.492 e. The highest BCUT2D eigenvalue weighted by atomic mass is 35.5. The summed E-state index contributed by atoms with van der Waals surface area (Å²) >= 11 is 6.51. The van der Waals surface area contributed by atoms with E-state index in [4.69, 9.17) is 47.4 Å². The summed E-state index contributed by atoms with van der Waals surface area (Å²) < 4.78 is 19.6. The highest BCUT2D eigenvalue weighted by Gasteiger charge is 2.30. The molecule has 3 heterocycles. The van der Waals surface area contributed by atoms with Crippen LogP contribution < -0.4 is 31.3 Å². The van der Waals surface area contributed by atoms with Gasteiger partial charge in [-0.2, -0.15) is 0 Å². The van der Waals surface area contributed by atoms with Crippen LogP contribution in [0.4, 0.5) is 10.5 Å². The second-order valence-corrected chi connectivity index (χ2v) is 16.0. The minimum Gasteiger partial charge on any atom is -0.492 e. The molecule has 1 aliphatic carbocycles. The topological polar surface area (TPSA) is 166 Å².